The van der Waals surface area contributed by atoms with Gasteiger partial charge in [-0.3, -0.25) is 4.79 Å². The van der Waals surface area contributed by atoms with E-state index in [9.17, 15) is 4.79 Å². The van der Waals surface area contributed by atoms with Crippen LogP contribution in [0.1, 0.15) is 23.2 Å². The summed E-state index contributed by atoms with van der Waals surface area (Å²) in [5, 5.41) is 0. The van der Waals surface area contributed by atoms with Gasteiger partial charge in [-0.05, 0) is 47.0 Å². The van der Waals surface area contributed by atoms with Gasteiger partial charge in [0.05, 0.1) is 11.6 Å². The highest BCUT2D eigenvalue weighted by atomic mass is 79.9. The molecule has 0 N–H and O–H groups in total. The number of hydrogen-bond acceptors (Lipinski definition) is 3. The Bertz CT molecular complexity index is 397. The first-order valence-corrected chi connectivity index (χ1v) is 6.01. The zero-order chi connectivity index (χ0) is 11.5. The van der Waals surface area contributed by atoms with Crippen LogP contribution in [-0.2, 0) is 4.74 Å². The fourth-order valence-corrected chi connectivity index (χ4v) is 2.33. The monoisotopic (exact) mass is 284 g/mol. The zero-order valence-electron chi connectivity index (χ0n) is 9.03. The molecule has 1 aromatic carbocycles. The number of halogens is 1. The van der Waals surface area contributed by atoms with E-state index < -0.39 is 0 Å². The molecule has 16 heavy (non-hydrogen) atoms. The third-order valence-corrected chi connectivity index (χ3v) is 3.28. The molecule has 86 valence electrons. The van der Waals surface area contributed by atoms with Crippen molar-refractivity contribution in [2.75, 3.05) is 13.7 Å². The Morgan fingerprint density at radius 1 is 1.56 bits per heavy atom. The van der Waals surface area contributed by atoms with Gasteiger partial charge in [-0.1, -0.05) is 0 Å². The summed E-state index contributed by atoms with van der Waals surface area (Å²) < 4.78 is 11.3. The Morgan fingerprint density at radius 3 is 2.94 bits per heavy atom. The number of Topliss-reactive ketones (excluding diaryl/α,β-unsaturated/α-hetero) is 1. The summed E-state index contributed by atoms with van der Waals surface area (Å²) in [6, 6.07) is 5.34. The molecule has 2 rings (SSSR count). The van der Waals surface area contributed by atoms with E-state index >= 15 is 0 Å². The summed E-state index contributed by atoms with van der Waals surface area (Å²) in [6.45, 7) is 0.688. The minimum atomic E-state index is -0.264. The van der Waals surface area contributed by atoms with Gasteiger partial charge in [-0.25, -0.2) is 0 Å². The minimum absolute atomic E-state index is 0.0563. The van der Waals surface area contributed by atoms with Crippen molar-refractivity contribution in [2.24, 2.45) is 0 Å². The second kappa shape index (κ2) is 4.97. The number of ether oxygens (including phenoxy) is 2. The van der Waals surface area contributed by atoms with Crippen molar-refractivity contribution in [3.63, 3.8) is 0 Å². The predicted octanol–water partition coefficient (Wildman–Crippen LogP) is 2.82. The van der Waals surface area contributed by atoms with Gasteiger partial charge in [0.25, 0.3) is 0 Å². The van der Waals surface area contributed by atoms with E-state index in [1.165, 1.54) is 0 Å². The number of ketones is 1. The molecule has 0 aromatic heterocycles. The second-order valence-corrected chi connectivity index (χ2v) is 4.57. The van der Waals surface area contributed by atoms with Crippen molar-refractivity contribution in [1.82, 2.24) is 0 Å². The van der Waals surface area contributed by atoms with Crippen molar-refractivity contribution in [3.8, 4) is 5.75 Å². The lowest BCUT2D eigenvalue weighted by atomic mass is 10.0. The van der Waals surface area contributed by atoms with Crippen molar-refractivity contribution in [2.45, 2.75) is 18.9 Å². The Hall–Kier alpha value is -0.870. The van der Waals surface area contributed by atoms with Crippen molar-refractivity contribution >= 4 is 21.7 Å². The van der Waals surface area contributed by atoms with Crippen LogP contribution >= 0.6 is 15.9 Å². The maximum absolute atomic E-state index is 12.0. The molecule has 0 spiro atoms. The van der Waals surface area contributed by atoms with Crippen LogP contribution in [0.3, 0.4) is 0 Å². The van der Waals surface area contributed by atoms with E-state index in [4.69, 9.17) is 9.47 Å². The van der Waals surface area contributed by atoms with Crippen LogP contribution in [0.4, 0.5) is 0 Å². The quantitative estimate of drug-likeness (QED) is 0.801. The van der Waals surface area contributed by atoms with Crippen LogP contribution in [-0.4, -0.2) is 25.6 Å². The standard InChI is InChI=1S/C12H13BrO3/c1-15-10-5-4-8(7-9(10)13)12(14)11-3-2-6-16-11/h4-5,7,11H,2-3,6H2,1H3. The van der Waals surface area contributed by atoms with E-state index in [0.29, 0.717) is 12.2 Å². The van der Waals surface area contributed by atoms with Gasteiger partial charge in [-0.2, -0.15) is 0 Å². The van der Waals surface area contributed by atoms with Crippen LogP contribution in [0.2, 0.25) is 0 Å². The Labute approximate surface area is 103 Å². The summed E-state index contributed by atoms with van der Waals surface area (Å²) in [4.78, 5) is 12.0. The minimum Gasteiger partial charge on any atom is -0.496 e. The van der Waals surface area contributed by atoms with Gasteiger partial charge in [0, 0.05) is 12.2 Å². The number of methoxy groups -OCH3 is 1. The highest BCUT2D eigenvalue weighted by Gasteiger charge is 2.25. The van der Waals surface area contributed by atoms with Crippen LogP contribution in [0, 0.1) is 0 Å². The summed E-state index contributed by atoms with van der Waals surface area (Å²) in [6.07, 6.45) is 1.52. The van der Waals surface area contributed by atoms with E-state index in [1.54, 1.807) is 25.3 Å². The van der Waals surface area contributed by atoms with Crippen LogP contribution in [0.25, 0.3) is 0 Å². The summed E-state index contributed by atoms with van der Waals surface area (Å²) in [5.74, 6) is 0.782. The molecular weight excluding hydrogens is 272 g/mol. The van der Waals surface area contributed by atoms with E-state index in [1.807, 2.05) is 0 Å². The Balaban J connectivity index is 2.20. The number of hydrogen-bond donors (Lipinski definition) is 0. The smallest absolute Gasteiger partial charge is 0.191 e. The van der Waals surface area contributed by atoms with E-state index in [0.717, 1.165) is 23.1 Å². The zero-order valence-corrected chi connectivity index (χ0v) is 10.6. The maximum Gasteiger partial charge on any atom is 0.191 e. The average Bonchev–Trinajstić information content (AvgIpc) is 2.81. The molecule has 1 aliphatic heterocycles. The first kappa shape index (κ1) is 11.6. The molecular formula is C12H13BrO3. The molecule has 0 radical (unpaired) electrons. The second-order valence-electron chi connectivity index (χ2n) is 3.72. The van der Waals surface area contributed by atoms with Gasteiger partial charge >= 0.3 is 0 Å². The highest BCUT2D eigenvalue weighted by Crippen LogP contribution is 2.27. The largest absolute Gasteiger partial charge is 0.496 e. The normalized spacial score (nSPS) is 19.8. The third-order valence-electron chi connectivity index (χ3n) is 2.66. The molecule has 1 heterocycles. The van der Waals surface area contributed by atoms with Crippen molar-refractivity contribution in [1.29, 1.82) is 0 Å². The Kier molecular flexibility index (Phi) is 3.61. The number of carbonyl (C=O) groups is 1. The summed E-state index contributed by atoms with van der Waals surface area (Å²) in [7, 11) is 1.60. The lowest BCUT2D eigenvalue weighted by molar-refractivity contribution is 0.0643. The van der Waals surface area contributed by atoms with Gasteiger partial charge in [0.2, 0.25) is 0 Å². The van der Waals surface area contributed by atoms with Gasteiger partial charge in [-0.15, -0.1) is 0 Å². The van der Waals surface area contributed by atoms with Crippen LogP contribution in [0.5, 0.6) is 5.75 Å². The first-order valence-electron chi connectivity index (χ1n) is 5.21. The van der Waals surface area contributed by atoms with Crippen molar-refractivity contribution < 1.29 is 14.3 Å². The van der Waals surface area contributed by atoms with Gasteiger partial charge < -0.3 is 9.47 Å². The van der Waals surface area contributed by atoms with Crippen LogP contribution < -0.4 is 4.74 Å². The summed E-state index contributed by atoms with van der Waals surface area (Å²) in [5.41, 5.74) is 0.666. The third kappa shape index (κ3) is 2.28. The molecule has 1 aromatic rings. The number of benzene rings is 1. The van der Waals surface area contributed by atoms with E-state index in [2.05, 4.69) is 15.9 Å². The number of rotatable bonds is 3. The van der Waals surface area contributed by atoms with Gasteiger partial charge in [0.1, 0.15) is 11.9 Å². The SMILES string of the molecule is COc1ccc(C(=O)C2CCCO2)cc1Br. The lowest BCUT2D eigenvalue weighted by Crippen LogP contribution is -2.19. The molecule has 0 aliphatic carbocycles. The predicted molar refractivity (Wildman–Crippen MR) is 64.0 cm³/mol. The fraction of sp³-hybridized carbons (Fsp3) is 0.417. The van der Waals surface area contributed by atoms with Crippen molar-refractivity contribution in [3.05, 3.63) is 28.2 Å². The fourth-order valence-electron chi connectivity index (χ4n) is 1.79. The highest BCUT2D eigenvalue weighted by molar-refractivity contribution is 9.10. The maximum atomic E-state index is 12.0. The Morgan fingerprint density at radius 2 is 2.38 bits per heavy atom. The molecule has 1 fully saturated rings. The molecule has 1 atom stereocenters. The topological polar surface area (TPSA) is 35.5 Å². The molecule has 0 amide bonds. The van der Waals surface area contributed by atoms with Gasteiger partial charge in [0.15, 0.2) is 5.78 Å². The number of carbonyl (C=O) groups excluding carboxylic acids is 1. The first-order chi connectivity index (χ1) is 7.72. The molecule has 1 unspecified atom stereocenters. The molecule has 3 nitrogen and oxygen atoms in total. The van der Waals surface area contributed by atoms with Crippen LogP contribution in [0.15, 0.2) is 22.7 Å². The molecule has 0 bridgehead atoms. The summed E-state index contributed by atoms with van der Waals surface area (Å²) >= 11 is 3.37. The molecule has 4 heteroatoms. The lowest BCUT2D eigenvalue weighted by Gasteiger charge is -2.09. The van der Waals surface area contributed by atoms with E-state index in [-0.39, 0.29) is 11.9 Å². The molecule has 0 saturated carbocycles. The molecule has 1 aliphatic rings. The average molecular weight is 285 g/mol. The molecule has 1 saturated heterocycles.